The standard InChI is InChI=1S/C27H22N4O4S/c28-15-17-8-10-18(11-9-17)22-14-27(22)21-5-1-2-7-24(21)31(26(27)33)16-19-4-3-6-23(29-19)25(32)30-36(34,35)20-12-13-20/h1-11,20,22H,12-14,16H2,(H,30,32)/t22-,27?/m0/s1. The van der Waals surface area contributed by atoms with Crippen LogP contribution < -0.4 is 9.62 Å². The third kappa shape index (κ3) is 3.57. The Labute approximate surface area is 208 Å². The van der Waals surface area contributed by atoms with Crippen molar-refractivity contribution < 1.29 is 18.0 Å². The SMILES string of the molecule is N#Cc1ccc([C@@H]2CC23C(=O)N(Cc2cccc(C(=O)NS(=O)(=O)C4CC4)n2)c2ccccc23)cc1. The maximum absolute atomic E-state index is 13.8. The van der Waals surface area contributed by atoms with Crippen LogP contribution in [0.25, 0.3) is 0 Å². The lowest BCUT2D eigenvalue weighted by molar-refractivity contribution is -0.120. The van der Waals surface area contributed by atoms with Crippen molar-refractivity contribution >= 4 is 27.5 Å². The molecule has 3 aromatic rings. The maximum Gasteiger partial charge on any atom is 0.283 e. The Balaban J connectivity index is 1.27. The minimum atomic E-state index is -3.68. The van der Waals surface area contributed by atoms with Crippen molar-refractivity contribution in [2.24, 2.45) is 0 Å². The molecule has 1 spiro atoms. The summed E-state index contributed by atoms with van der Waals surface area (Å²) in [5.41, 5.74) is 3.20. The van der Waals surface area contributed by atoms with E-state index in [0.29, 0.717) is 30.5 Å². The molecule has 8 nitrogen and oxygen atoms in total. The van der Waals surface area contributed by atoms with E-state index < -0.39 is 26.6 Å². The molecule has 2 atom stereocenters. The molecule has 1 unspecified atom stereocenters. The number of rotatable bonds is 6. The van der Waals surface area contributed by atoms with Crippen LogP contribution in [-0.2, 0) is 26.8 Å². The molecule has 2 fully saturated rings. The van der Waals surface area contributed by atoms with Gasteiger partial charge in [0, 0.05) is 11.6 Å². The van der Waals surface area contributed by atoms with Gasteiger partial charge in [0.15, 0.2) is 0 Å². The van der Waals surface area contributed by atoms with Crippen molar-refractivity contribution in [3.63, 3.8) is 0 Å². The molecule has 9 heteroatoms. The quantitative estimate of drug-likeness (QED) is 0.558. The van der Waals surface area contributed by atoms with Crippen molar-refractivity contribution in [1.82, 2.24) is 9.71 Å². The predicted octanol–water partition coefficient (Wildman–Crippen LogP) is 3.15. The van der Waals surface area contributed by atoms with Gasteiger partial charge in [0.05, 0.1) is 34.5 Å². The Morgan fingerprint density at radius 2 is 1.83 bits per heavy atom. The molecule has 2 heterocycles. The zero-order valence-corrected chi connectivity index (χ0v) is 20.0. The number of nitriles is 1. The molecule has 0 radical (unpaired) electrons. The first-order valence-electron chi connectivity index (χ1n) is 11.8. The largest absolute Gasteiger partial charge is 0.305 e. The van der Waals surface area contributed by atoms with Crippen molar-refractivity contribution in [2.45, 2.75) is 42.4 Å². The van der Waals surface area contributed by atoms with Gasteiger partial charge in [-0.2, -0.15) is 5.26 Å². The summed E-state index contributed by atoms with van der Waals surface area (Å²) in [6.45, 7) is 0.161. The Morgan fingerprint density at radius 1 is 1.08 bits per heavy atom. The molecule has 1 aliphatic heterocycles. The van der Waals surface area contributed by atoms with Crippen LogP contribution in [0.3, 0.4) is 0 Å². The van der Waals surface area contributed by atoms with Gasteiger partial charge in [-0.1, -0.05) is 36.4 Å². The first kappa shape index (κ1) is 22.4. The average molecular weight is 499 g/mol. The molecule has 1 aromatic heterocycles. The van der Waals surface area contributed by atoms with E-state index in [9.17, 15) is 18.0 Å². The van der Waals surface area contributed by atoms with Crippen LogP contribution in [0.1, 0.15) is 58.1 Å². The highest BCUT2D eigenvalue weighted by molar-refractivity contribution is 7.91. The number of benzene rings is 2. The average Bonchev–Trinajstić information content (AvgIpc) is 3.80. The summed E-state index contributed by atoms with van der Waals surface area (Å²) in [6, 6.07) is 22.0. The zero-order chi connectivity index (χ0) is 25.1. The van der Waals surface area contributed by atoms with E-state index in [-0.39, 0.29) is 24.1 Å². The van der Waals surface area contributed by atoms with Gasteiger partial charge in [-0.05, 0) is 60.7 Å². The molecule has 0 saturated heterocycles. The first-order chi connectivity index (χ1) is 17.3. The number of nitrogens with zero attached hydrogens (tertiary/aromatic N) is 3. The Morgan fingerprint density at radius 3 is 2.56 bits per heavy atom. The van der Waals surface area contributed by atoms with E-state index in [1.54, 1.807) is 29.2 Å². The molecule has 6 rings (SSSR count). The summed E-state index contributed by atoms with van der Waals surface area (Å²) in [6.07, 6.45) is 1.79. The molecule has 1 N–H and O–H groups in total. The number of nitrogens with one attached hydrogen (secondary N) is 1. The van der Waals surface area contributed by atoms with Gasteiger partial charge >= 0.3 is 0 Å². The number of para-hydroxylation sites is 1. The fourth-order valence-electron chi connectivity index (χ4n) is 5.20. The second-order valence-electron chi connectivity index (χ2n) is 9.56. The number of hydrogen-bond donors (Lipinski definition) is 1. The van der Waals surface area contributed by atoms with E-state index in [0.717, 1.165) is 16.8 Å². The summed E-state index contributed by atoms with van der Waals surface area (Å²) >= 11 is 0. The van der Waals surface area contributed by atoms with Crippen molar-refractivity contribution in [2.75, 3.05) is 4.90 Å². The van der Waals surface area contributed by atoms with Crippen LogP contribution in [0, 0.1) is 11.3 Å². The number of fused-ring (bicyclic) bond motifs is 2. The highest BCUT2D eigenvalue weighted by Gasteiger charge is 2.67. The Bertz CT molecular complexity index is 1560. The number of amides is 2. The second kappa shape index (κ2) is 8.00. The highest BCUT2D eigenvalue weighted by atomic mass is 32.2. The molecule has 36 heavy (non-hydrogen) atoms. The number of pyridine rings is 1. The fourth-order valence-corrected chi connectivity index (χ4v) is 6.48. The van der Waals surface area contributed by atoms with Crippen LogP contribution in [0.2, 0.25) is 0 Å². The number of hydrogen-bond acceptors (Lipinski definition) is 6. The summed E-state index contributed by atoms with van der Waals surface area (Å²) in [5, 5.41) is 8.59. The van der Waals surface area contributed by atoms with E-state index in [1.807, 2.05) is 36.4 Å². The van der Waals surface area contributed by atoms with Crippen molar-refractivity contribution in [3.05, 3.63) is 94.8 Å². The van der Waals surface area contributed by atoms with Crippen LogP contribution in [0.15, 0.2) is 66.7 Å². The molecule has 180 valence electrons. The minimum Gasteiger partial charge on any atom is -0.305 e. The van der Waals surface area contributed by atoms with Gasteiger partial charge in [0.25, 0.3) is 5.91 Å². The highest BCUT2D eigenvalue weighted by Crippen LogP contribution is 2.66. The number of carbonyl (C=O) groups is 2. The van der Waals surface area contributed by atoms with Gasteiger partial charge in [-0.25, -0.2) is 18.1 Å². The fraction of sp³-hybridized carbons (Fsp3) is 0.259. The maximum atomic E-state index is 13.8. The van der Waals surface area contributed by atoms with E-state index >= 15 is 0 Å². The van der Waals surface area contributed by atoms with Crippen LogP contribution in [0.4, 0.5) is 5.69 Å². The number of anilines is 1. The van der Waals surface area contributed by atoms with Crippen LogP contribution in [-0.4, -0.2) is 30.5 Å². The van der Waals surface area contributed by atoms with Gasteiger partial charge < -0.3 is 4.90 Å². The molecule has 0 bridgehead atoms. The Hall–Kier alpha value is -4.03. The molecule has 3 aliphatic rings. The summed E-state index contributed by atoms with van der Waals surface area (Å²) < 4.78 is 26.4. The second-order valence-corrected chi connectivity index (χ2v) is 11.5. The van der Waals surface area contributed by atoms with Crippen LogP contribution in [0.5, 0.6) is 0 Å². The number of sulfonamides is 1. The zero-order valence-electron chi connectivity index (χ0n) is 19.2. The number of carbonyl (C=O) groups excluding carboxylic acids is 2. The normalized spacial score (nSPS) is 22.2. The van der Waals surface area contributed by atoms with E-state index in [2.05, 4.69) is 15.8 Å². The van der Waals surface area contributed by atoms with Gasteiger partial charge in [-0.3, -0.25) is 9.59 Å². The Kier molecular flexibility index (Phi) is 4.99. The minimum absolute atomic E-state index is 0.00625. The topological polar surface area (TPSA) is 120 Å². The molecular weight excluding hydrogens is 476 g/mol. The number of aromatic nitrogens is 1. The van der Waals surface area contributed by atoms with E-state index in [1.165, 1.54) is 6.07 Å². The lowest BCUT2D eigenvalue weighted by atomic mass is 9.92. The molecule has 2 aromatic carbocycles. The molecular formula is C27H22N4O4S. The van der Waals surface area contributed by atoms with Crippen molar-refractivity contribution in [3.8, 4) is 6.07 Å². The lowest BCUT2D eigenvalue weighted by Crippen LogP contribution is -2.34. The first-order valence-corrected chi connectivity index (χ1v) is 13.3. The smallest absolute Gasteiger partial charge is 0.283 e. The summed E-state index contributed by atoms with van der Waals surface area (Å²) in [7, 11) is -3.68. The van der Waals surface area contributed by atoms with Gasteiger partial charge in [-0.15, -0.1) is 0 Å². The van der Waals surface area contributed by atoms with Crippen molar-refractivity contribution in [1.29, 1.82) is 5.26 Å². The summed E-state index contributed by atoms with van der Waals surface area (Å²) in [5.74, 6) is -0.774. The van der Waals surface area contributed by atoms with E-state index in [4.69, 9.17) is 5.26 Å². The third-order valence-electron chi connectivity index (χ3n) is 7.26. The molecule has 2 aliphatic carbocycles. The summed E-state index contributed by atoms with van der Waals surface area (Å²) in [4.78, 5) is 32.5. The molecule has 2 amide bonds. The van der Waals surface area contributed by atoms with Gasteiger partial charge in [0.1, 0.15) is 5.69 Å². The monoisotopic (exact) mass is 498 g/mol. The lowest BCUT2D eigenvalue weighted by Gasteiger charge is -2.18. The third-order valence-corrected chi connectivity index (χ3v) is 9.08. The predicted molar refractivity (Wildman–Crippen MR) is 131 cm³/mol. The van der Waals surface area contributed by atoms with Gasteiger partial charge in [0.2, 0.25) is 15.9 Å². The molecule has 2 saturated carbocycles. The van der Waals surface area contributed by atoms with Crippen LogP contribution >= 0.6 is 0 Å².